The predicted molar refractivity (Wildman–Crippen MR) is 90.7 cm³/mol. The Balaban J connectivity index is 1.58. The van der Waals surface area contributed by atoms with Crippen LogP contribution in [-0.2, 0) is 12.8 Å². The Morgan fingerprint density at radius 2 is 1.91 bits per heavy atom. The molecule has 0 aliphatic rings. The SMILES string of the molecule is Cc1ccc(C(=O)Nc2nnc(CCc3ccccc3)s2)cn1. The zero-order valence-corrected chi connectivity index (χ0v) is 13.5. The van der Waals surface area contributed by atoms with E-state index in [2.05, 4.69) is 32.6 Å². The third-order valence-electron chi connectivity index (χ3n) is 3.33. The molecule has 0 saturated heterocycles. The number of rotatable bonds is 5. The Bertz CT molecular complexity index is 784. The first-order valence-corrected chi connectivity index (χ1v) is 8.13. The average molecular weight is 324 g/mol. The van der Waals surface area contributed by atoms with E-state index in [0.717, 1.165) is 23.5 Å². The first kappa shape index (κ1) is 15.3. The highest BCUT2D eigenvalue weighted by molar-refractivity contribution is 7.15. The van der Waals surface area contributed by atoms with Crippen molar-refractivity contribution in [1.82, 2.24) is 15.2 Å². The second kappa shape index (κ2) is 7.11. The van der Waals surface area contributed by atoms with Gasteiger partial charge in [-0.1, -0.05) is 41.7 Å². The van der Waals surface area contributed by atoms with Crippen LogP contribution >= 0.6 is 11.3 Å². The second-order valence-electron chi connectivity index (χ2n) is 5.13. The van der Waals surface area contributed by atoms with Crippen molar-refractivity contribution >= 4 is 22.4 Å². The van der Waals surface area contributed by atoms with Crippen molar-refractivity contribution < 1.29 is 4.79 Å². The van der Waals surface area contributed by atoms with Crippen molar-refractivity contribution in [2.45, 2.75) is 19.8 Å². The molecule has 0 spiro atoms. The average Bonchev–Trinajstić information content (AvgIpc) is 3.02. The fourth-order valence-electron chi connectivity index (χ4n) is 2.07. The molecule has 116 valence electrons. The van der Waals surface area contributed by atoms with E-state index in [-0.39, 0.29) is 5.91 Å². The highest BCUT2D eigenvalue weighted by Crippen LogP contribution is 2.18. The first-order chi connectivity index (χ1) is 11.2. The van der Waals surface area contributed by atoms with Gasteiger partial charge in [0, 0.05) is 18.3 Å². The maximum Gasteiger partial charge on any atom is 0.259 e. The van der Waals surface area contributed by atoms with Gasteiger partial charge in [0.15, 0.2) is 0 Å². The Kier molecular flexibility index (Phi) is 4.73. The number of anilines is 1. The van der Waals surface area contributed by atoms with Crippen LogP contribution < -0.4 is 5.32 Å². The van der Waals surface area contributed by atoms with E-state index in [1.807, 2.05) is 25.1 Å². The molecule has 0 unspecified atom stereocenters. The Morgan fingerprint density at radius 1 is 1.09 bits per heavy atom. The molecule has 0 radical (unpaired) electrons. The van der Waals surface area contributed by atoms with Gasteiger partial charge in [-0.15, -0.1) is 10.2 Å². The standard InChI is InChI=1S/C17H16N4OS/c1-12-7-9-14(11-18-12)16(22)19-17-21-20-15(23-17)10-8-13-5-3-2-4-6-13/h2-7,9,11H,8,10H2,1H3,(H,19,21,22). The fourth-order valence-corrected chi connectivity index (χ4v) is 2.81. The summed E-state index contributed by atoms with van der Waals surface area (Å²) in [7, 11) is 0. The predicted octanol–water partition coefficient (Wildman–Crippen LogP) is 3.28. The molecule has 0 bridgehead atoms. The quantitative estimate of drug-likeness (QED) is 0.782. The molecule has 0 fully saturated rings. The highest BCUT2D eigenvalue weighted by Gasteiger charge is 2.10. The van der Waals surface area contributed by atoms with E-state index in [1.54, 1.807) is 18.3 Å². The minimum Gasteiger partial charge on any atom is -0.296 e. The zero-order chi connectivity index (χ0) is 16.1. The van der Waals surface area contributed by atoms with Gasteiger partial charge in [-0.2, -0.15) is 0 Å². The lowest BCUT2D eigenvalue weighted by Gasteiger charge is -2.00. The van der Waals surface area contributed by atoms with Crippen LogP contribution in [0.4, 0.5) is 5.13 Å². The van der Waals surface area contributed by atoms with Gasteiger partial charge in [-0.3, -0.25) is 15.1 Å². The fraction of sp³-hybridized carbons (Fsp3) is 0.176. The number of carbonyl (C=O) groups excluding carboxylic acids is 1. The van der Waals surface area contributed by atoms with Gasteiger partial charge >= 0.3 is 0 Å². The van der Waals surface area contributed by atoms with Gasteiger partial charge in [-0.05, 0) is 31.0 Å². The number of nitrogens with zero attached hydrogens (tertiary/aromatic N) is 3. The van der Waals surface area contributed by atoms with Crippen molar-refractivity contribution in [2.24, 2.45) is 0 Å². The molecule has 0 atom stereocenters. The Hall–Kier alpha value is -2.60. The summed E-state index contributed by atoms with van der Waals surface area (Å²) in [6.45, 7) is 1.88. The van der Waals surface area contributed by atoms with Crippen LogP contribution in [0.1, 0.15) is 26.6 Å². The van der Waals surface area contributed by atoms with E-state index in [1.165, 1.54) is 16.9 Å². The molecule has 0 saturated carbocycles. The first-order valence-electron chi connectivity index (χ1n) is 7.31. The summed E-state index contributed by atoms with van der Waals surface area (Å²) in [5, 5.41) is 12.3. The molecule has 3 rings (SSSR count). The molecule has 1 N–H and O–H groups in total. The molecule has 3 aromatic rings. The molecule has 1 aromatic carbocycles. The summed E-state index contributed by atoms with van der Waals surface area (Å²) in [6, 6.07) is 13.8. The molecule has 5 nitrogen and oxygen atoms in total. The number of pyridine rings is 1. The lowest BCUT2D eigenvalue weighted by atomic mass is 10.1. The van der Waals surface area contributed by atoms with Crippen molar-refractivity contribution in [3.05, 3.63) is 70.5 Å². The van der Waals surface area contributed by atoms with E-state index in [9.17, 15) is 4.79 Å². The molecular weight excluding hydrogens is 308 g/mol. The molecule has 6 heteroatoms. The molecular formula is C17H16N4OS. The zero-order valence-electron chi connectivity index (χ0n) is 12.7. The monoisotopic (exact) mass is 324 g/mol. The molecule has 2 aromatic heterocycles. The normalized spacial score (nSPS) is 10.5. The van der Waals surface area contributed by atoms with Gasteiger partial charge in [0.25, 0.3) is 5.91 Å². The summed E-state index contributed by atoms with van der Waals surface area (Å²) in [4.78, 5) is 16.2. The summed E-state index contributed by atoms with van der Waals surface area (Å²) in [5.74, 6) is -0.219. The van der Waals surface area contributed by atoms with Gasteiger partial charge in [0.1, 0.15) is 5.01 Å². The number of hydrogen-bond acceptors (Lipinski definition) is 5. The largest absolute Gasteiger partial charge is 0.296 e. The topological polar surface area (TPSA) is 67.8 Å². The van der Waals surface area contributed by atoms with Gasteiger partial charge in [-0.25, -0.2) is 0 Å². The van der Waals surface area contributed by atoms with Crippen LogP contribution in [0.25, 0.3) is 0 Å². The maximum absolute atomic E-state index is 12.1. The molecule has 0 aliphatic heterocycles. The third-order valence-corrected chi connectivity index (χ3v) is 4.23. The number of nitrogens with one attached hydrogen (secondary N) is 1. The lowest BCUT2D eigenvalue weighted by Crippen LogP contribution is -2.12. The summed E-state index contributed by atoms with van der Waals surface area (Å²) < 4.78 is 0. The summed E-state index contributed by atoms with van der Waals surface area (Å²) in [5.41, 5.74) is 2.65. The molecule has 2 heterocycles. The van der Waals surface area contributed by atoms with Crippen molar-refractivity contribution in [3.63, 3.8) is 0 Å². The Morgan fingerprint density at radius 3 is 2.65 bits per heavy atom. The molecule has 23 heavy (non-hydrogen) atoms. The second-order valence-corrected chi connectivity index (χ2v) is 6.19. The highest BCUT2D eigenvalue weighted by atomic mass is 32.1. The van der Waals surface area contributed by atoms with Crippen LogP contribution in [-0.4, -0.2) is 21.1 Å². The molecule has 1 amide bonds. The van der Waals surface area contributed by atoms with E-state index >= 15 is 0 Å². The van der Waals surface area contributed by atoms with Gasteiger partial charge in [0.05, 0.1) is 5.56 Å². The Labute approximate surface area is 138 Å². The summed E-state index contributed by atoms with van der Waals surface area (Å²) >= 11 is 1.40. The van der Waals surface area contributed by atoms with Crippen molar-refractivity contribution in [3.8, 4) is 0 Å². The summed E-state index contributed by atoms with van der Waals surface area (Å²) in [6.07, 6.45) is 3.27. The minimum atomic E-state index is -0.219. The molecule has 0 aliphatic carbocycles. The van der Waals surface area contributed by atoms with Crippen LogP contribution in [0, 0.1) is 6.92 Å². The number of amides is 1. The van der Waals surface area contributed by atoms with Crippen LogP contribution in [0.5, 0.6) is 0 Å². The van der Waals surface area contributed by atoms with Crippen molar-refractivity contribution in [1.29, 1.82) is 0 Å². The lowest BCUT2D eigenvalue weighted by molar-refractivity contribution is 0.102. The van der Waals surface area contributed by atoms with E-state index in [4.69, 9.17) is 0 Å². The smallest absolute Gasteiger partial charge is 0.259 e. The number of aromatic nitrogens is 3. The third kappa shape index (κ3) is 4.20. The number of benzene rings is 1. The van der Waals surface area contributed by atoms with Crippen molar-refractivity contribution in [2.75, 3.05) is 5.32 Å². The van der Waals surface area contributed by atoms with E-state index < -0.39 is 0 Å². The van der Waals surface area contributed by atoms with Crippen LogP contribution in [0.3, 0.4) is 0 Å². The number of hydrogen-bond donors (Lipinski definition) is 1. The van der Waals surface area contributed by atoms with Crippen LogP contribution in [0.2, 0.25) is 0 Å². The number of carbonyl (C=O) groups is 1. The van der Waals surface area contributed by atoms with Gasteiger partial charge < -0.3 is 0 Å². The maximum atomic E-state index is 12.1. The number of aryl methyl sites for hydroxylation is 3. The van der Waals surface area contributed by atoms with Crippen LogP contribution in [0.15, 0.2) is 48.7 Å². The van der Waals surface area contributed by atoms with E-state index in [0.29, 0.717) is 10.7 Å². The minimum absolute atomic E-state index is 0.219. The van der Waals surface area contributed by atoms with Gasteiger partial charge in [0.2, 0.25) is 5.13 Å².